The molecule has 0 aliphatic carbocycles. The highest BCUT2D eigenvalue weighted by atomic mass is 32.2. The van der Waals surface area contributed by atoms with Gasteiger partial charge in [0.2, 0.25) is 11.5 Å². The third kappa shape index (κ3) is 6.89. The highest BCUT2D eigenvalue weighted by Crippen LogP contribution is 2.29. The highest BCUT2D eigenvalue weighted by molar-refractivity contribution is 7.86. The van der Waals surface area contributed by atoms with Crippen LogP contribution >= 0.6 is 0 Å². The second kappa shape index (κ2) is 9.02. The number of nitrogens with one attached hydrogen (secondary N) is 1. The third-order valence-electron chi connectivity index (χ3n) is 4.05. The van der Waals surface area contributed by atoms with Gasteiger partial charge in [0.1, 0.15) is 0 Å². The first kappa shape index (κ1) is 25.5. The van der Waals surface area contributed by atoms with E-state index in [2.05, 4.69) is 49.3 Å². The van der Waals surface area contributed by atoms with Crippen LogP contribution in [0, 0.1) is 5.41 Å². The van der Waals surface area contributed by atoms with Gasteiger partial charge in [0, 0.05) is 17.4 Å². The molecule has 0 aliphatic rings. The Labute approximate surface area is 184 Å². The van der Waals surface area contributed by atoms with Crippen molar-refractivity contribution in [3.8, 4) is 5.82 Å². The molecular weight excluding hydrogens is 447 g/mol. The maximum absolute atomic E-state index is 10.7. The van der Waals surface area contributed by atoms with E-state index in [0.29, 0.717) is 0 Å². The Morgan fingerprint density at radius 2 is 1.66 bits per heavy atom. The van der Waals surface area contributed by atoms with E-state index >= 15 is 0 Å². The zero-order valence-electron chi connectivity index (χ0n) is 18.4. The van der Waals surface area contributed by atoms with E-state index < -0.39 is 15.6 Å². The Hall–Kier alpha value is -2.73. The van der Waals surface area contributed by atoms with Gasteiger partial charge in [-0.2, -0.15) is 17.6 Å². The molecular formula is C20H26F3N5O3S. The lowest BCUT2D eigenvalue weighted by Crippen LogP contribution is -2.39. The largest absolute Gasteiger partial charge is 0.741 e. The molecule has 0 fully saturated rings. The van der Waals surface area contributed by atoms with Gasteiger partial charge >= 0.3 is 11.5 Å². The molecule has 8 nitrogen and oxygen atoms in total. The zero-order valence-corrected chi connectivity index (χ0v) is 19.2. The third-order valence-corrected chi connectivity index (χ3v) is 4.62. The lowest BCUT2D eigenvalue weighted by Gasteiger charge is -2.30. The molecule has 3 aromatic heterocycles. The monoisotopic (exact) mass is 473 g/mol. The molecule has 176 valence electrons. The smallest absolute Gasteiger partial charge is 0.485 e. The summed E-state index contributed by atoms with van der Waals surface area (Å²) < 4.78 is 62.8. The summed E-state index contributed by atoms with van der Waals surface area (Å²) in [4.78, 5) is 4.43. The standard InChI is InChI=1S/C19H26N5.CHF3O3S/c1-18(2,3)14-19(4,5)21-17-22-24(15-10-6-8-12-20-15)16-11-7-9-13-23(16)17;2-1(3,4)8(5,6)7/h6-13H,14H2,1-5H3,(H,21,22);(H,5,6,7)/q+1;/p-1. The Bertz CT molecular complexity index is 1150. The van der Waals surface area contributed by atoms with Gasteiger partial charge in [0.05, 0.1) is 11.7 Å². The van der Waals surface area contributed by atoms with Gasteiger partial charge in [-0.3, -0.25) is 5.32 Å². The lowest BCUT2D eigenvalue weighted by molar-refractivity contribution is -0.497. The topological polar surface area (TPSA) is 104 Å². The summed E-state index contributed by atoms with van der Waals surface area (Å²) >= 11 is 0. The molecule has 0 saturated carbocycles. The van der Waals surface area contributed by atoms with E-state index in [0.717, 1.165) is 23.8 Å². The first-order valence-electron chi connectivity index (χ1n) is 9.61. The van der Waals surface area contributed by atoms with Crippen LogP contribution in [0.3, 0.4) is 0 Å². The fraction of sp³-hybridized carbons (Fsp3) is 0.450. The molecule has 0 aromatic carbocycles. The van der Waals surface area contributed by atoms with E-state index in [-0.39, 0.29) is 11.0 Å². The molecule has 1 N–H and O–H groups in total. The number of pyridine rings is 2. The molecule has 0 spiro atoms. The van der Waals surface area contributed by atoms with E-state index in [4.69, 9.17) is 18.1 Å². The average molecular weight is 474 g/mol. The average Bonchev–Trinajstić information content (AvgIpc) is 2.97. The molecule has 32 heavy (non-hydrogen) atoms. The van der Waals surface area contributed by atoms with Crippen molar-refractivity contribution in [3.63, 3.8) is 0 Å². The molecule has 3 rings (SSSR count). The van der Waals surface area contributed by atoms with Crippen LogP contribution in [-0.4, -0.2) is 38.8 Å². The van der Waals surface area contributed by atoms with Gasteiger partial charge in [0.15, 0.2) is 10.1 Å². The molecule has 12 heteroatoms. The lowest BCUT2D eigenvalue weighted by atomic mass is 9.82. The molecule has 0 bridgehead atoms. The van der Waals surface area contributed by atoms with Gasteiger partial charge < -0.3 is 4.55 Å². The van der Waals surface area contributed by atoms with Gasteiger partial charge in [-0.15, -0.1) is 0 Å². The SMILES string of the molecule is CC(C)(C)CC(C)(C)Nc1nn(-c2ccccn2)c2cccc[n+]12.O=S(=O)([O-])C(F)(F)F. The number of aromatic nitrogens is 4. The number of anilines is 1. The van der Waals surface area contributed by atoms with Crippen molar-refractivity contribution in [1.82, 2.24) is 14.8 Å². The number of nitrogens with zero attached hydrogens (tertiary/aromatic N) is 4. The minimum absolute atomic E-state index is 0.0721. The van der Waals surface area contributed by atoms with Gasteiger partial charge in [0.25, 0.3) is 0 Å². The number of alkyl halides is 3. The van der Waals surface area contributed by atoms with E-state index in [1.165, 1.54) is 0 Å². The number of halogens is 3. The summed E-state index contributed by atoms with van der Waals surface area (Å²) in [6, 6.07) is 11.9. The Kier molecular flexibility index (Phi) is 7.20. The molecule has 3 heterocycles. The molecule has 0 unspecified atom stereocenters. The van der Waals surface area contributed by atoms with Gasteiger partial charge in [-0.1, -0.05) is 37.6 Å². The maximum Gasteiger partial charge on any atom is 0.485 e. The number of fused-ring (bicyclic) bond motifs is 1. The van der Waals surface area contributed by atoms with Crippen molar-refractivity contribution < 1.29 is 30.5 Å². The van der Waals surface area contributed by atoms with E-state index in [1.54, 1.807) is 6.20 Å². The van der Waals surface area contributed by atoms with Crippen LogP contribution in [-0.2, 0) is 10.1 Å². The number of hydrogen-bond donors (Lipinski definition) is 1. The molecule has 3 aromatic rings. The van der Waals surface area contributed by atoms with Crippen LogP contribution in [0.5, 0.6) is 0 Å². The Balaban J connectivity index is 0.000000390. The highest BCUT2D eigenvalue weighted by Gasteiger charge is 2.37. The van der Waals surface area contributed by atoms with Crippen LogP contribution < -0.4 is 9.72 Å². The van der Waals surface area contributed by atoms with E-state index in [1.807, 2.05) is 47.3 Å². The normalized spacial score (nSPS) is 12.9. The van der Waals surface area contributed by atoms with Crippen LogP contribution in [0.25, 0.3) is 11.5 Å². The van der Waals surface area contributed by atoms with Gasteiger partial charge in [-0.05, 0) is 43.9 Å². The summed E-state index contributed by atoms with van der Waals surface area (Å²) in [5, 5.41) is 8.39. The predicted molar refractivity (Wildman–Crippen MR) is 112 cm³/mol. The maximum atomic E-state index is 10.7. The molecule has 0 saturated heterocycles. The van der Waals surface area contributed by atoms with Crippen LogP contribution in [0.1, 0.15) is 41.0 Å². The summed E-state index contributed by atoms with van der Waals surface area (Å²) in [6.07, 6.45) is 4.84. The van der Waals surface area contributed by atoms with Crippen molar-refractivity contribution in [2.75, 3.05) is 5.32 Å². The summed E-state index contributed by atoms with van der Waals surface area (Å²) in [6.45, 7) is 11.2. The minimum Gasteiger partial charge on any atom is -0.741 e. The fourth-order valence-corrected chi connectivity index (χ4v) is 3.39. The molecule has 0 aliphatic heterocycles. The van der Waals surface area contributed by atoms with Crippen molar-refractivity contribution in [1.29, 1.82) is 0 Å². The first-order valence-corrected chi connectivity index (χ1v) is 11.0. The zero-order chi connectivity index (χ0) is 24.4. The van der Waals surface area contributed by atoms with E-state index in [9.17, 15) is 13.2 Å². The summed E-state index contributed by atoms with van der Waals surface area (Å²) in [5.41, 5.74) is -4.50. The number of rotatable bonds is 4. The van der Waals surface area contributed by atoms with Crippen LogP contribution in [0.4, 0.5) is 19.1 Å². The summed E-state index contributed by atoms with van der Waals surface area (Å²) in [7, 11) is -6.09. The van der Waals surface area contributed by atoms with Crippen LogP contribution in [0.15, 0.2) is 48.8 Å². The predicted octanol–water partition coefficient (Wildman–Crippen LogP) is 3.68. The second-order valence-electron chi connectivity index (χ2n) is 9.00. The quantitative estimate of drug-likeness (QED) is 0.352. The molecule has 0 amide bonds. The molecule has 0 atom stereocenters. The minimum atomic E-state index is -6.09. The summed E-state index contributed by atoms with van der Waals surface area (Å²) in [5.74, 6) is 1.63. The second-order valence-corrected chi connectivity index (χ2v) is 10.4. The van der Waals surface area contributed by atoms with Crippen molar-refractivity contribution in [3.05, 3.63) is 48.8 Å². The van der Waals surface area contributed by atoms with Crippen molar-refractivity contribution in [2.24, 2.45) is 5.41 Å². The Morgan fingerprint density at radius 3 is 2.16 bits per heavy atom. The van der Waals surface area contributed by atoms with Crippen molar-refractivity contribution >= 4 is 21.7 Å². The molecule has 0 radical (unpaired) electrons. The van der Waals surface area contributed by atoms with Crippen LogP contribution in [0.2, 0.25) is 0 Å². The fourth-order valence-electron chi connectivity index (χ4n) is 3.39. The first-order chi connectivity index (χ1) is 14.5. The van der Waals surface area contributed by atoms with Gasteiger partial charge in [-0.25, -0.2) is 13.4 Å². The number of hydrogen-bond acceptors (Lipinski definition) is 6. The van der Waals surface area contributed by atoms with Crippen molar-refractivity contribution in [2.45, 2.75) is 52.1 Å². The Morgan fingerprint density at radius 1 is 1.06 bits per heavy atom.